The number of nitrogens with zero attached hydrogens (tertiary/aromatic N) is 2. The van der Waals surface area contributed by atoms with Gasteiger partial charge in [-0.05, 0) is 46.6 Å². The summed E-state index contributed by atoms with van der Waals surface area (Å²) in [6.07, 6.45) is 1.90. The minimum Gasteiger partial charge on any atom is -0.343 e. The first-order valence-corrected chi connectivity index (χ1v) is 8.02. The van der Waals surface area contributed by atoms with Crippen LogP contribution in [0.3, 0.4) is 0 Å². The first-order chi connectivity index (χ1) is 9.92. The smallest absolute Gasteiger partial charge is 0.270 e. The van der Waals surface area contributed by atoms with Crippen LogP contribution in [0.1, 0.15) is 23.0 Å². The fourth-order valence-electron chi connectivity index (χ4n) is 2.09. The van der Waals surface area contributed by atoms with E-state index >= 15 is 0 Å². The molecule has 0 aliphatic rings. The van der Waals surface area contributed by atoms with Crippen molar-refractivity contribution in [1.82, 2.24) is 9.47 Å². The quantitative estimate of drug-likeness (QED) is 0.733. The molecule has 1 heterocycles. The highest BCUT2D eigenvalue weighted by molar-refractivity contribution is 9.10. The second kappa shape index (κ2) is 6.86. The lowest BCUT2D eigenvalue weighted by Crippen LogP contribution is -2.28. The number of rotatable bonds is 4. The van der Waals surface area contributed by atoms with Crippen molar-refractivity contribution in [2.24, 2.45) is 0 Å². The zero-order chi connectivity index (χ0) is 15.6. The van der Waals surface area contributed by atoms with Crippen molar-refractivity contribution >= 4 is 45.0 Å². The average Bonchev–Trinajstić information content (AvgIpc) is 2.83. The van der Waals surface area contributed by atoms with E-state index in [0.29, 0.717) is 22.3 Å². The van der Waals surface area contributed by atoms with Gasteiger partial charge in [-0.1, -0.05) is 29.3 Å². The number of aromatic nitrogens is 1. The molecule has 2 rings (SSSR count). The van der Waals surface area contributed by atoms with Crippen molar-refractivity contribution in [3.8, 4) is 0 Å². The second-order valence-electron chi connectivity index (χ2n) is 4.74. The van der Waals surface area contributed by atoms with E-state index < -0.39 is 0 Å². The van der Waals surface area contributed by atoms with E-state index in [-0.39, 0.29) is 5.91 Å². The number of hydrogen-bond acceptors (Lipinski definition) is 1. The molecule has 0 unspecified atom stereocenters. The third-order valence-electron chi connectivity index (χ3n) is 3.17. The molecule has 0 N–H and O–H groups in total. The topological polar surface area (TPSA) is 25.2 Å². The molecule has 0 aliphatic carbocycles. The molecule has 0 fully saturated rings. The molecule has 112 valence electrons. The molecule has 21 heavy (non-hydrogen) atoms. The molecule has 6 heteroatoms. The lowest BCUT2D eigenvalue weighted by atomic mass is 10.2. The van der Waals surface area contributed by atoms with E-state index in [4.69, 9.17) is 23.2 Å². The van der Waals surface area contributed by atoms with Gasteiger partial charge in [-0.15, -0.1) is 0 Å². The fourth-order valence-corrected chi connectivity index (χ4v) is 2.88. The van der Waals surface area contributed by atoms with E-state index in [1.54, 1.807) is 24.1 Å². The highest BCUT2D eigenvalue weighted by Crippen LogP contribution is 2.23. The van der Waals surface area contributed by atoms with Gasteiger partial charge in [0.2, 0.25) is 0 Å². The van der Waals surface area contributed by atoms with Gasteiger partial charge >= 0.3 is 0 Å². The molecule has 0 radical (unpaired) electrons. The lowest BCUT2D eigenvalue weighted by molar-refractivity contribution is 0.0774. The summed E-state index contributed by atoms with van der Waals surface area (Å²) in [5, 5.41) is 1.01. The maximum Gasteiger partial charge on any atom is 0.270 e. The normalized spacial score (nSPS) is 10.7. The third kappa shape index (κ3) is 3.82. The zero-order valence-electron chi connectivity index (χ0n) is 11.7. The molecule has 0 atom stereocenters. The van der Waals surface area contributed by atoms with Crippen molar-refractivity contribution in [3.63, 3.8) is 0 Å². The third-order valence-corrected chi connectivity index (χ3v) is 4.35. The zero-order valence-corrected chi connectivity index (χ0v) is 14.8. The molecular formula is C15H15BrCl2N2O. The SMILES string of the molecule is CCn1cc(Br)cc1C(=O)N(C)Cc1ccc(Cl)c(Cl)c1. The van der Waals surface area contributed by atoms with Crippen molar-refractivity contribution in [1.29, 1.82) is 0 Å². The molecular weight excluding hydrogens is 375 g/mol. The van der Waals surface area contributed by atoms with E-state index in [1.165, 1.54) is 0 Å². The van der Waals surface area contributed by atoms with Gasteiger partial charge in [0.1, 0.15) is 5.69 Å². The number of halogens is 3. The number of hydrogen-bond donors (Lipinski definition) is 0. The minimum absolute atomic E-state index is 0.0337. The van der Waals surface area contributed by atoms with Crippen LogP contribution >= 0.6 is 39.1 Å². The monoisotopic (exact) mass is 388 g/mol. The predicted molar refractivity (Wildman–Crippen MR) is 90.1 cm³/mol. The summed E-state index contributed by atoms with van der Waals surface area (Å²) in [7, 11) is 1.77. The van der Waals surface area contributed by atoms with Crippen molar-refractivity contribution in [2.45, 2.75) is 20.0 Å². The van der Waals surface area contributed by atoms with Crippen LogP contribution in [0.5, 0.6) is 0 Å². The van der Waals surface area contributed by atoms with Gasteiger partial charge < -0.3 is 9.47 Å². The Balaban J connectivity index is 2.17. The summed E-state index contributed by atoms with van der Waals surface area (Å²) >= 11 is 15.3. The summed E-state index contributed by atoms with van der Waals surface area (Å²) in [5.41, 5.74) is 1.60. The van der Waals surface area contributed by atoms with E-state index in [9.17, 15) is 4.79 Å². The molecule has 0 saturated carbocycles. The summed E-state index contributed by atoms with van der Waals surface area (Å²) in [6.45, 7) is 3.22. The molecule has 0 bridgehead atoms. The maximum atomic E-state index is 12.5. The van der Waals surface area contributed by atoms with Crippen LogP contribution in [0.25, 0.3) is 0 Å². The fraction of sp³-hybridized carbons (Fsp3) is 0.267. The number of carbonyl (C=O) groups is 1. The standard InChI is InChI=1S/C15H15BrCl2N2O/c1-3-20-9-11(16)7-14(20)15(21)19(2)8-10-4-5-12(17)13(18)6-10/h4-7,9H,3,8H2,1-2H3. The van der Waals surface area contributed by atoms with E-state index in [2.05, 4.69) is 15.9 Å². The number of carbonyl (C=O) groups excluding carboxylic acids is 1. The average molecular weight is 390 g/mol. The highest BCUT2D eigenvalue weighted by Gasteiger charge is 2.17. The van der Waals surface area contributed by atoms with E-state index in [1.807, 2.05) is 29.8 Å². The molecule has 2 aromatic rings. The Labute approximate surface area is 142 Å². The van der Waals surface area contributed by atoms with Crippen LogP contribution in [-0.4, -0.2) is 22.4 Å². The van der Waals surface area contributed by atoms with Gasteiger partial charge in [0, 0.05) is 30.8 Å². The first-order valence-electron chi connectivity index (χ1n) is 6.47. The number of aryl methyl sites for hydroxylation is 1. The van der Waals surface area contributed by atoms with Gasteiger partial charge in [-0.2, -0.15) is 0 Å². The summed E-state index contributed by atoms with van der Waals surface area (Å²) in [4.78, 5) is 14.2. The van der Waals surface area contributed by atoms with Crippen LogP contribution in [-0.2, 0) is 13.1 Å². The summed E-state index contributed by atoms with van der Waals surface area (Å²) in [5.74, 6) is -0.0337. The molecule has 1 aromatic carbocycles. The Bertz CT molecular complexity index is 670. The van der Waals surface area contributed by atoms with Crippen molar-refractivity contribution in [2.75, 3.05) is 7.05 Å². The first kappa shape index (κ1) is 16.4. The van der Waals surface area contributed by atoms with Crippen LogP contribution in [0, 0.1) is 0 Å². The largest absolute Gasteiger partial charge is 0.343 e. The molecule has 0 saturated heterocycles. The molecule has 1 aromatic heterocycles. The number of amides is 1. The lowest BCUT2D eigenvalue weighted by Gasteiger charge is -2.18. The van der Waals surface area contributed by atoms with Crippen LogP contribution in [0.2, 0.25) is 10.0 Å². The number of benzene rings is 1. The van der Waals surface area contributed by atoms with Gasteiger partial charge in [0.05, 0.1) is 10.0 Å². The Morgan fingerprint density at radius 2 is 2.00 bits per heavy atom. The Hall–Kier alpha value is -0.970. The van der Waals surface area contributed by atoms with Crippen LogP contribution < -0.4 is 0 Å². The molecule has 3 nitrogen and oxygen atoms in total. The Morgan fingerprint density at radius 1 is 1.29 bits per heavy atom. The van der Waals surface area contributed by atoms with Gasteiger partial charge in [0.25, 0.3) is 5.91 Å². The van der Waals surface area contributed by atoms with E-state index in [0.717, 1.165) is 16.6 Å². The highest BCUT2D eigenvalue weighted by atomic mass is 79.9. The summed E-state index contributed by atoms with van der Waals surface area (Å²) < 4.78 is 2.81. The van der Waals surface area contributed by atoms with Crippen molar-refractivity contribution < 1.29 is 4.79 Å². The minimum atomic E-state index is -0.0337. The molecule has 1 amide bonds. The van der Waals surface area contributed by atoms with Crippen LogP contribution in [0.4, 0.5) is 0 Å². The van der Waals surface area contributed by atoms with Gasteiger partial charge in [0.15, 0.2) is 0 Å². The predicted octanol–water partition coefficient (Wildman–Crippen LogP) is 4.85. The maximum absolute atomic E-state index is 12.5. The van der Waals surface area contributed by atoms with Crippen molar-refractivity contribution in [3.05, 3.63) is 56.2 Å². The van der Waals surface area contributed by atoms with Crippen LogP contribution in [0.15, 0.2) is 34.9 Å². The Morgan fingerprint density at radius 3 is 2.62 bits per heavy atom. The van der Waals surface area contributed by atoms with Gasteiger partial charge in [-0.25, -0.2) is 0 Å². The molecule has 0 aliphatic heterocycles. The summed E-state index contributed by atoms with van der Waals surface area (Å²) in [6, 6.07) is 7.22. The second-order valence-corrected chi connectivity index (χ2v) is 6.47. The Kier molecular flexibility index (Phi) is 5.36. The molecule has 0 spiro atoms. The van der Waals surface area contributed by atoms with Gasteiger partial charge in [-0.3, -0.25) is 4.79 Å².